The van der Waals surface area contributed by atoms with Crippen LogP contribution in [0.3, 0.4) is 0 Å². The number of nitrogens with zero attached hydrogens (tertiary/aromatic N) is 2. The Kier molecular flexibility index (Phi) is 5.13. The van der Waals surface area contributed by atoms with Crippen LogP contribution in [0.4, 0.5) is 0 Å². The number of aromatic nitrogens is 2. The minimum absolute atomic E-state index is 0.0433. The fraction of sp³-hybridized carbons (Fsp3) is 0.846. The van der Waals surface area contributed by atoms with Crippen molar-refractivity contribution in [1.82, 2.24) is 15.5 Å². The van der Waals surface area contributed by atoms with Crippen LogP contribution in [-0.4, -0.2) is 23.3 Å². The van der Waals surface area contributed by atoms with E-state index in [2.05, 4.69) is 22.4 Å². The van der Waals surface area contributed by atoms with Crippen molar-refractivity contribution in [3.63, 3.8) is 0 Å². The van der Waals surface area contributed by atoms with Crippen molar-refractivity contribution in [2.45, 2.75) is 58.1 Å². The fourth-order valence-corrected chi connectivity index (χ4v) is 2.34. The summed E-state index contributed by atoms with van der Waals surface area (Å²) in [5.74, 6) is 1.39. The highest BCUT2D eigenvalue weighted by atomic mass is 16.5. The van der Waals surface area contributed by atoms with E-state index in [9.17, 15) is 0 Å². The van der Waals surface area contributed by atoms with E-state index in [4.69, 9.17) is 9.26 Å². The molecule has 1 aromatic rings. The smallest absolute Gasteiger partial charge is 0.243 e. The van der Waals surface area contributed by atoms with Crippen LogP contribution in [0.5, 0.6) is 0 Å². The quantitative estimate of drug-likeness (QED) is 0.874. The largest absolute Gasteiger partial charge is 0.370 e. The van der Waals surface area contributed by atoms with E-state index in [-0.39, 0.29) is 12.1 Å². The molecule has 1 aliphatic heterocycles. The van der Waals surface area contributed by atoms with Crippen LogP contribution in [-0.2, 0) is 4.74 Å². The van der Waals surface area contributed by atoms with Crippen LogP contribution in [0.2, 0.25) is 0 Å². The molecule has 0 aromatic carbocycles. The molecule has 0 amide bonds. The maximum absolute atomic E-state index is 5.60. The number of hydrogen-bond acceptors (Lipinski definition) is 5. The van der Waals surface area contributed by atoms with Crippen molar-refractivity contribution in [2.75, 3.05) is 13.2 Å². The van der Waals surface area contributed by atoms with Gasteiger partial charge in [-0.3, -0.25) is 0 Å². The fourth-order valence-electron chi connectivity index (χ4n) is 2.34. The molecule has 5 nitrogen and oxygen atoms in total. The lowest BCUT2D eigenvalue weighted by Crippen LogP contribution is -2.20. The van der Waals surface area contributed by atoms with E-state index in [1.807, 2.05) is 6.92 Å². The van der Waals surface area contributed by atoms with Gasteiger partial charge in [-0.2, -0.15) is 4.98 Å². The Hall–Kier alpha value is -0.940. The van der Waals surface area contributed by atoms with Crippen LogP contribution in [0, 0.1) is 0 Å². The number of rotatable bonds is 5. The van der Waals surface area contributed by atoms with E-state index in [0.717, 1.165) is 19.4 Å². The van der Waals surface area contributed by atoms with Gasteiger partial charge in [-0.05, 0) is 32.7 Å². The average Bonchev–Trinajstić information content (AvgIpc) is 2.71. The standard InChI is InChI=1S/C13H23N3O2/c1-3-11(17-4-2)12-15-13(18-16-12)10-8-6-5-7-9-14-10/h10-11,14H,3-9H2,1-2H3. The van der Waals surface area contributed by atoms with Crippen LogP contribution in [0.15, 0.2) is 4.52 Å². The van der Waals surface area contributed by atoms with Gasteiger partial charge in [-0.1, -0.05) is 24.9 Å². The number of ether oxygens (including phenoxy) is 1. The summed E-state index contributed by atoms with van der Waals surface area (Å²) in [6.45, 7) is 5.76. The first kappa shape index (κ1) is 13.5. The first-order valence-electron chi connectivity index (χ1n) is 7.03. The molecule has 0 bridgehead atoms. The Labute approximate surface area is 108 Å². The zero-order valence-corrected chi connectivity index (χ0v) is 11.3. The second-order valence-corrected chi connectivity index (χ2v) is 4.70. The van der Waals surface area contributed by atoms with E-state index in [1.54, 1.807) is 0 Å². The summed E-state index contributed by atoms with van der Waals surface area (Å²) >= 11 is 0. The van der Waals surface area contributed by atoms with Crippen molar-refractivity contribution in [3.8, 4) is 0 Å². The van der Waals surface area contributed by atoms with Gasteiger partial charge in [0, 0.05) is 6.61 Å². The molecular weight excluding hydrogens is 230 g/mol. The molecule has 1 saturated heterocycles. The zero-order chi connectivity index (χ0) is 12.8. The van der Waals surface area contributed by atoms with E-state index >= 15 is 0 Å². The van der Waals surface area contributed by atoms with Crippen molar-refractivity contribution in [3.05, 3.63) is 11.7 Å². The molecule has 2 atom stereocenters. The molecule has 0 saturated carbocycles. The van der Waals surface area contributed by atoms with Crippen LogP contribution in [0.1, 0.15) is 69.8 Å². The molecule has 1 N–H and O–H groups in total. The molecule has 2 unspecified atom stereocenters. The van der Waals surface area contributed by atoms with Gasteiger partial charge >= 0.3 is 0 Å². The molecule has 1 aromatic heterocycles. The summed E-state index contributed by atoms with van der Waals surface area (Å²) in [7, 11) is 0. The van der Waals surface area contributed by atoms with E-state index in [0.29, 0.717) is 18.3 Å². The summed E-state index contributed by atoms with van der Waals surface area (Å²) < 4.78 is 11.0. The zero-order valence-electron chi connectivity index (χ0n) is 11.3. The first-order valence-corrected chi connectivity index (χ1v) is 7.03. The molecule has 1 aliphatic rings. The molecule has 2 rings (SSSR count). The summed E-state index contributed by atoms with van der Waals surface area (Å²) in [5, 5.41) is 7.52. The molecule has 1 fully saturated rings. The predicted octanol–water partition coefficient (Wildman–Crippen LogP) is 2.76. The maximum Gasteiger partial charge on any atom is 0.243 e. The molecule has 0 spiro atoms. The van der Waals surface area contributed by atoms with Gasteiger partial charge < -0.3 is 14.6 Å². The van der Waals surface area contributed by atoms with Gasteiger partial charge in [0.15, 0.2) is 0 Å². The normalized spacial score (nSPS) is 22.7. The van der Waals surface area contributed by atoms with Crippen LogP contribution in [0.25, 0.3) is 0 Å². The Morgan fingerprint density at radius 2 is 2.28 bits per heavy atom. The van der Waals surface area contributed by atoms with E-state index in [1.165, 1.54) is 19.3 Å². The lowest BCUT2D eigenvalue weighted by atomic mass is 10.1. The topological polar surface area (TPSA) is 60.2 Å². The molecule has 0 aliphatic carbocycles. The van der Waals surface area contributed by atoms with E-state index < -0.39 is 0 Å². The van der Waals surface area contributed by atoms with Gasteiger partial charge in [0.25, 0.3) is 0 Å². The van der Waals surface area contributed by atoms with Gasteiger partial charge in [0.05, 0.1) is 6.04 Å². The molecule has 102 valence electrons. The summed E-state index contributed by atoms with van der Waals surface area (Å²) in [6.07, 6.45) is 5.63. The van der Waals surface area contributed by atoms with Crippen molar-refractivity contribution in [2.24, 2.45) is 0 Å². The van der Waals surface area contributed by atoms with Crippen molar-refractivity contribution >= 4 is 0 Å². The molecule has 2 heterocycles. The third kappa shape index (κ3) is 3.29. The van der Waals surface area contributed by atoms with Crippen molar-refractivity contribution in [1.29, 1.82) is 0 Å². The molecule has 5 heteroatoms. The monoisotopic (exact) mass is 253 g/mol. The summed E-state index contributed by atoms with van der Waals surface area (Å²) in [5.41, 5.74) is 0. The molecule has 0 radical (unpaired) electrons. The lowest BCUT2D eigenvalue weighted by molar-refractivity contribution is 0.0518. The third-order valence-electron chi connectivity index (χ3n) is 3.34. The van der Waals surface area contributed by atoms with Gasteiger partial charge in [0.1, 0.15) is 6.10 Å². The lowest BCUT2D eigenvalue weighted by Gasteiger charge is -2.11. The Bertz CT molecular complexity index is 346. The minimum Gasteiger partial charge on any atom is -0.370 e. The highest BCUT2D eigenvalue weighted by molar-refractivity contribution is 4.96. The Morgan fingerprint density at radius 1 is 1.39 bits per heavy atom. The number of nitrogens with one attached hydrogen (secondary N) is 1. The van der Waals surface area contributed by atoms with Gasteiger partial charge in [0.2, 0.25) is 11.7 Å². The molecule has 18 heavy (non-hydrogen) atoms. The maximum atomic E-state index is 5.60. The number of hydrogen-bond donors (Lipinski definition) is 1. The van der Waals surface area contributed by atoms with Gasteiger partial charge in [-0.15, -0.1) is 0 Å². The second kappa shape index (κ2) is 6.85. The van der Waals surface area contributed by atoms with Crippen LogP contribution >= 0.6 is 0 Å². The SMILES string of the molecule is CCOC(CC)c1noc(C2CCCCCN2)n1. The molecular formula is C13H23N3O2. The van der Waals surface area contributed by atoms with Crippen molar-refractivity contribution < 1.29 is 9.26 Å². The Morgan fingerprint density at radius 3 is 3.06 bits per heavy atom. The second-order valence-electron chi connectivity index (χ2n) is 4.70. The average molecular weight is 253 g/mol. The summed E-state index contributed by atoms with van der Waals surface area (Å²) in [4.78, 5) is 4.50. The van der Waals surface area contributed by atoms with Gasteiger partial charge in [-0.25, -0.2) is 0 Å². The highest BCUT2D eigenvalue weighted by Crippen LogP contribution is 2.24. The summed E-state index contributed by atoms with van der Waals surface area (Å²) in [6, 6.07) is 0.216. The first-order chi connectivity index (χ1) is 8.85. The third-order valence-corrected chi connectivity index (χ3v) is 3.34. The highest BCUT2D eigenvalue weighted by Gasteiger charge is 2.23. The Balaban J connectivity index is 2.03. The minimum atomic E-state index is -0.0433. The predicted molar refractivity (Wildman–Crippen MR) is 68.2 cm³/mol. The van der Waals surface area contributed by atoms with Crippen LogP contribution < -0.4 is 5.32 Å².